The number of likely N-dealkylation sites (N-methyl/N-ethyl adjacent to an activating group) is 1. The van der Waals surface area contributed by atoms with Gasteiger partial charge in [-0.25, -0.2) is 14.0 Å². The highest BCUT2D eigenvalue weighted by molar-refractivity contribution is 6.06. The Morgan fingerprint density at radius 3 is 2.21 bits per heavy atom. The SMILES string of the molecule is C[C@@H](C(=O)NC(CN1Cc2ccccc2[C@H]1C(=O)Nc1cc(C(=O)Nc2ccc(NC(=O)OCc3ccccc3)cc2)ccc1F)C1CCOCC1)N(C)C(=O)OC(C)(C)C. The van der Waals surface area contributed by atoms with E-state index in [4.69, 9.17) is 14.2 Å². The number of carbonyl (C=O) groups excluding carboxylic acids is 5. The van der Waals surface area contributed by atoms with Gasteiger partial charge in [0.2, 0.25) is 11.8 Å². The Hall–Kier alpha value is -6.32. The molecule has 0 radical (unpaired) electrons. The van der Waals surface area contributed by atoms with E-state index in [1.807, 2.05) is 59.5 Å². The van der Waals surface area contributed by atoms with Crippen LogP contribution in [0.2, 0.25) is 0 Å². The third kappa shape index (κ3) is 11.9. The third-order valence-electron chi connectivity index (χ3n) is 10.7. The van der Waals surface area contributed by atoms with Crippen LogP contribution in [0, 0.1) is 11.7 Å². The van der Waals surface area contributed by atoms with Crippen molar-refractivity contribution in [1.29, 1.82) is 0 Å². The van der Waals surface area contributed by atoms with Crippen LogP contribution in [0.15, 0.2) is 97.1 Å². The maximum absolute atomic E-state index is 15.4. The monoisotopic (exact) mass is 836 g/mol. The summed E-state index contributed by atoms with van der Waals surface area (Å²) in [5.41, 5.74) is 2.55. The second-order valence-electron chi connectivity index (χ2n) is 16.3. The zero-order valence-corrected chi connectivity index (χ0v) is 35.0. The lowest BCUT2D eigenvalue weighted by atomic mass is 9.90. The molecule has 1 unspecified atom stereocenters. The molecule has 1 saturated heterocycles. The molecule has 5 amide bonds. The number of halogens is 1. The standard InChI is InChI=1S/C46H53FN6O8/c1-29(52(5)45(58)61-46(2,3)4)41(54)51-39(31-21-23-59-24-22-31)27-53-26-33-13-9-10-14-36(33)40(53)43(56)50-38-25-32(15-20-37(38)47)42(55)48-34-16-18-35(19-17-34)49-44(57)60-28-30-11-7-6-8-12-30/h6-20,25,29,31,39-40H,21-24,26-28H2,1-5H3,(H,48,55)(H,49,57)(H,50,56)(H,51,54)/t29-,39?,40-/m0/s1. The van der Waals surface area contributed by atoms with Crippen LogP contribution >= 0.6 is 0 Å². The summed E-state index contributed by atoms with van der Waals surface area (Å²) in [6, 6.07) is 24.8. The van der Waals surface area contributed by atoms with E-state index in [9.17, 15) is 24.0 Å². The molecule has 0 aliphatic carbocycles. The molecule has 14 nitrogen and oxygen atoms in total. The molecule has 6 rings (SSSR count). The predicted octanol–water partition coefficient (Wildman–Crippen LogP) is 7.49. The molecule has 0 aromatic heterocycles. The minimum Gasteiger partial charge on any atom is -0.444 e. The van der Waals surface area contributed by atoms with Gasteiger partial charge in [-0.1, -0.05) is 54.6 Å². The molecule has 322 valence electrons. The van der Waals surface area contributed by atoms with E-state index < -0.39 is 53.5 Å². The fourth-order valence-electron chi connectivity index (χ4n) is 7.26. The van der Waals surface area contributed by atoms with Crippen molar-refractivity contribution in [2.45, 2.75) is 77.4 Å². The van der Waals surface area contributed by atoms with Crippen LogP contribution in [-0.4, -0.2) is 84.2 Å². The van der Waals surface area contributed by atoms with Crippen molar-refractivity contribution < 1.29 is 42.6 Å². The summed E-state index contributed by atoms with van der Waals surface area (Å²) in [4.78, 5) is 69.7. The Morgan fingerprint density at radius 2 is 1.52 bits per heavy atom. The summed E-state index contributed by atoms with van der Waals surface area (Å²) in [6.45, 7) is 8.72. The van der Waals surface area contributed by atoms with E-state index in [2.05, 4.69) is 21.3 Å². The first-order chi connectivity index (χ1) is 29.1. The van der Waals surface area contributed by atoms with E-state index in [0.29, 0.717) is 44.0 Å². The summed E-state index contributed by atoms with van der Waals surface area (Å²) in [7, 11) is 1.52. The van der Waals surface area contributed by atoms with Crippen molar-refractivity contribution in [1.82, 2.24) is 15.1 Å². The molecule has 2 aliphatic rings. The second-order valence-corrected chi connectivity index (χ2v) is 16.3. The van der Waals surface area contributed by atoms with E-state index >= 15 is 4.39 Å². The summed E-state index contributed by atoms with van der Waals surface area (Å²) >= 11 is 0. The summed E-state index contributed by atoms with van der Waals surface area (Å²) < 4.78 is 31.8. The Kier molecular flexibility index (Phi) is 14.4. The smallest absolute Gasteiger partial charge is 0.411 e. The molecular weight excluding hydrogens is 784 g/mol. The van der Waals surface area contributed by atoms with Crippen molar-refractivity contribution in [2.75, 3.05) is 42.8 Å². The van der Waals surface area contributed by atoms with E-state index in [0.717, 1.165) is 22.8 Å². The number of rotatable bonds is 13. The van der Waals surface area contributed by atoms with Crippen molar-refractivity contribution in [3.05, 3.63) is 125 Å². The van der Waals surface area contributed by atoms with Crippen LogP contribution in [0.5, 0.6) is 0 Å². The number of benzene rings is 4. The number of anilines is 3. The van der Waals surface area contributed by atoms with Gasteiger partial charge in [-0.05, 0) is 106 Å². The van der Waals surface area contributed by atoms with Gasteiger partial charge in [0.05, 0.1) is 5.69 Å². The molecule has 0 saturated carbocycles. The highest BCUT2D eigenvalue weighted by Gasteiger charge is 2.39. The maximum atomic E-state index is 15.4. The lowest BCUT2D eigenvalue weighted by Crippen LogP contribution is -2.55. The summed E-state index contributed by atoms with van der Waals surface area (Å²) in [5.74, 6) is -2.14. The Morgan fingerprint density at radius 1 is 0.869 bits per heavy atom. The number of nitrogens with zero attached hydrogens (tertiary/aromatic N) is 2. The largest absolute Gasteiger partial charge is 0.444 e. The van der Waals surface area contributed by atoms with Crippen LogP contribution in [0.4, 0.5) is 31.0 Å². The first-order valence-electron chi connectivity index (χ1n) is 20.3. The zero-order valence-electron chi connectivity index (χ0n) is 35.0. The number of carbonyl (C=O) groups is 5. The fraction of sp³-hybridized carbons (Fsp3) is 0.370. The first kappa shape index (κ1) is 44.2. The molecule has 0 spiro atoms. The number of ether oxygens (including phenoxy) is 3. The van der Waals surface area contributed by atoms with Gasteiger partial charge in [-0.15, -0.1) is 0 Å². The topological polar surface area (TPSA) is 168 Å². The molecule has 2 aliphatic heterocycles. The van der Waals surface area contributed by atoms with Gasteiger partial charge in [0.1, 0.15) is 30.1 Å². The molecule has 4 aromatic rings. The maximum Gasteiger partial charge on any atom is 0.411 e. The average molecular weight is 837 g/mol. The van der Waals surface area contributed by atoms with Crippen molar-refractivity contribution in [3.63, 3.8) is 0 Å². The van der Waals surface area contributed by atoms with Crippen molar-refractivity contribution >= 4 is 47.0 Å². The molecule has 15 heteroatoms. The zero-order chi connectivity index (χ0) is 43.7. The van der Waals surface area contributed by atoms with Gasteiger partial charge < -0.3 is 30.2 Å². The van der Waals surface area contributed by atoms with Crippen LogP contribution in [-0.2, 0) is 37.0 Å². The van der Waals surface area contributed by atoms with E-state index in [1.54, 1.807) is 52.0 Å². The van der Waals surface area contributed by atoms with Gasteiger partial charge in [0.25, 0.3) is 5.91 Å². The predicted molar refractivity (Wildman–Crippen MR) is 228 cm³/mol. The second kappa shape index (κ2) is 19.8. The normalized spacial score (nSPS) is 16.3. The minimum absolute atomic E-state index is 0.0192. The molecule has 0 bridgehead atoms. The highest BCUT2D eigenvalue weighted by atomic mass is 19.1. The average Bonchev–Trinajstić information content (AvgIpc) is 3.61. The first-order valence-corrected chi connectivity index (χ1v) is 20.3. The summed E-state index contributed by atoms with van der Waals surface area (Å²) in [6.07, 6.45) is 0.111. The van der Waals surface area contributed by atoms with Gasteiger partial charge in [0, 0.05) is 56.3 Å². The Labute approximate surface area is 355 Å². The molecule has 4 aromatic carbocycles. The van der Waals surface area contributed by atoms with Gasteiger partial charge in [-0.2, -0.15) is 0 Å². The molecule has 1 fully saturated rings. The molecule has 3 atom stereocenters. The number of amides is 5. The lowest BCUT2D eigenvalue weighted by molar-refractivity contribution is -0.127. The van der Waals surface area contributed by atoms with Gasteiger partial charge in [-0.3, -0.25) is 29.5 Å². The quantitative estimate of drug-likeness (QED) is 0.107. The highest BCUT2D eigenvalue weighted by Crippen LogP contribution is 2.36. The van der Waals surface area contributed by atoms with E-state index in [1.165, 1.54) is 24.1 Å². The van der Waals surface area contributed by atoms with Crippen molar-refractivity contribution in [3.8, 4) is 0 Å². The molecule has 2 heterocycles. The van der Waals surface area contributed by atoms with Crippen LogP contribution in [0.25, 0.3) is 0 Å². The van der Waals surface area contributed by atoms with Crippen LogP contribution in [0.3, 0.4) is 0 Å². The molecular formula is C46H53FN6O8. The molecule has 61 heavy (non-hydrogen) atoms. The third-order valence-corrected chi connectivity index (χ3v) is 10.7. The van der Waals surface area contributed by atoms with Gasteiger partial charge >= 0.3 is 12.2 Å². The van der Waals surface area contributed by atoms with Crippen LogP contribution in [0.1, 0.15) is 73.6 Å². The minimum atomic E-state index is -0.850. The fourth-order valence-corrected chi connectivity index (χ4v) is 7.26. The molecule has 4 N–H and O–H groups in total. The van der Waals surface area contributed by atoms with E-state index in [-0.39, 0.29) is 36.2 Å². The number of hydrogen-bond donors (Lipinski definition) is 4. The number of fused-ring (bicyclic) bond motifs is 1. The number of nitrogens with one attached hydrogen (secondary N) is 4. The lowest BCUT2D eigenvalue weighted by Gasteiger charge is -2.36. The van der Waals surface area contributed by atoms with Crippen LogP contribution < -0.4 is 21.3 Å². The summed E-state index contributed by atoms with van der Waals surface area (Å²) in [5, 5.41) is 11.3. The Balaban J connectivity index is 1.12. The van der Waals surface area contributed by atoms with Crippen molar-refractivity contribution in [2.24, 2.45) is 5.92 Å². The number of hydrogen-bond acceptors (Lipinski definition) is 9. The Bertz CT molecular complexity index is 2190. The van der Waals surface area contributed by atoms with Gasteiger partial charge in [0.15, 0.2) is 0 Å².